The van der Waals surface area contributed by atoms with Gasteiger partial charge in [0.25, 0.3) is 11.8 Å². The zero-order valence-corrected chi connectivity index (χ0v) is 18.5. The highest BCUT2D eigenvalue weighted by molar-refractivity contribution is 9.10. The van der Waals surface area contributed by atoms with Crippen molar-refractivity contribution in [2.75, 3.05) is 4.90 Å². The molecule has 0 aliphatic heterocycles. The third-order valence-electron chi connectivity index (χ3n) is 5.06. The number of anilines is 1. The second-order valence-electron chi connectivity index (χ2n) is 7.11. The van der Waals surface area contributed by atoms with Gasteiger partial charge in [0.15, 0.2) is 0 Å². The summed E-state index contributed by atoms with van der Waals surface area (Å²) in [5.74, 6) is -2.57. The molecule has 0 unspecified atom stereocenters. The molecule has 4 rings (SSSR count). The Balaban J connectivity index is 2.00. The van der Waals surface area contributed by atoms with Crippen LogP contribution in [0.1, 0.15) is 36.6 Å². The number of aromatic nitrogens is 1. The van der Waals surface area contributed by atoms with Crippen LogP contribution in [0.5, 0.6) is 0 Å². The Labute approximate surface area is 192 Å². The number of imide groups is 1. The molecule has 1 aromatic heterocycles. The summed E-state index contributed by atoms with van der Waals surface area (Å²) >= 11 is 3.44. The molecule has 0 saturated heterocycles. The molecule has 0 aliphatic rings. The molecule has 0 atom stereocenters. The number of fused-ring (bicyclic) bond motifs is 1. The Kier molecular flexibility index (Phi) is 5.83. The van der Waals surface area contributed by atoms with E-state index in [1.54, 1.807) is 55.6 Å². The van der Waals surface area contributed by atoms with Gasteiger partial charge < -0.3 is 5.11 Å². The van der Waals surface area contributed by atoms with E-state index < -0.39 is 17.8 Å². The van der Waals surface area contributed by atoms with Crippen LogP contribution in [0.15, 0.2) is 83.5 Å². The van der Waals surface area contributed by atoms with Gasteiger partial charge in [-0.25, -0.2) is 9.69 Å². The fourth-order valence-electron chi connectivity index (χ4n) is 3.53. The predicted octanol–water partition coefficient (Wildman–Crippen LogP) is 5.49. The number of pyridine rings is 1. The molecule has 6 nitrogen and oxygen atoms in total. The van der Waals surface area contributed by atoms with Gasteiger partial charge in [0.2, 0.25) is 0 Å². The van der Waals surface area contributed by atoms with E-state index in [4.69, 9.17) is 0 Å². The van der Waals surface area contributed by atoms with Crippen LogP contribution in [-0.4, -0.2) is 27.9 Å². The summed E-state index contributed by atoms with van der Waals surface area (Å²) in [7, 11) is 0. The van der Waals surface area contributed by atoms with Crippen molar-refractivity contribution in [1.29, 1.82) is 0 Å². The Hall–Kier alpha value is -3.84. The lowest BCUT2D eigenvalue weighted by Gasteiger charge is -2.24. The van der Waals surface area contributed by atoms with Gasteiger partial charge >= 0.3 is 5.97 Å². The van der Waals surface area contributed by atoms with Gasteiger partial charge in [-0.2, -0.15) is 0 Å². The number of benzene rings is 3. The lowest BCUT2D eigenvalue weighted by atomic mass is 10.0. The fraction of sp³-hybridized carbons (Fsp3) is 0.0400. The van der Waals surface area contributed by atoms with Gasteiger partial charge in [0.05, 0.1) is 22.3 Å². The smallest absolute Gasteiger partial charge is 0.336 e. The maximum absolute atomic E-state index is 13.8. The minimum absolute atomic E-state index is 0.0917. The van der Waals surface area contributed by atoms with Gasteiger partial charge in [-0.3, -0.25) is 14.6 Å². The van der Waals surface area contributed by atoms with Crippen LogP contribution in [0.2, 0.25) is 0 Å². The number of carbonyl (C=O) groups is 3. The molecule has 0 saturated carbocycles. The molecule has 7 heteroatoms. The van der Waals surface area contributed by atoms with Crippen molar-refractivity contribution in [1.82, 2.24) is 4.98 Å². The van der Waals surface area contributed by atoms with Crippen molar-refractivity contribution in [2.45, 2.75) is 6.92 Å². The highest BCUT2D eigenvalue weighted by atomic mass is 79.9. The maximum atomic E-state index is 13.8. The summed E-state index contributed by atoms with van der Waals surface area (Å²) < 4.78 is 0.648. The summed E-state index contributed by atoms with van der Waals surface area (Å²) in [6.07, 6.45) is 1.58. The number of amides is 2. The van der Waals surface area contributed by atoms with Gasteiger partial charge in [0.1, 0.15) is 0 Å². The summed E-state index contributed by atoms with van der Waals surface area (Å²) in [5.41, 5.74) is 1.44. The SMILES string of the molecule is Cc1ccccc1C(=O)N(C(=O)c1ccccc1C(=O)O)c1cc(Br)cc2cccnc12. The first-order valence-corrected chi connectivity index (χ1v) is 10.5. The lowest BCUT2D eigenvalue weighted by molar-refractivity contribution is 0.0690. The molecule has 0 spiro atoms. The molecule has 158 valence electrons. The Morgan fingerprint density at radius 2 is 1.47 bits per heavy atom. The molecule has 4 aromatic rings. The second-order valence-corrected chi connectivity index (χ2v) is 8.03. The number of aryl methyl sites for hydroxylation is 1. The summed E-state index contributed by atoms with van der Waals surface area (Å²) in [5, 5.41) is 10.3. The van der Waals surface area contributed by atoms with Crippen LogP contribution in [-0.2, 0) is 0 Å². The molecule has 32 heavy (non-hydrogen) atoms. The predicted molar refractivity (Wildman–Crippen MR) is 125 cm³/mol. The van der Waals surface area contributed by atoms with Crippen LogP contribution >= 0.6 is 15.9 Å². The molecule has 0 bridgehead atoms. The van der Waals surface area contributed by atoms with Crippen molar-refractivity contribution in [3.05, 3.63) is 106 Å². The molecule has 3 aromatic carbocycles. The maximum Gasteiger partial charge on any atom is 0.336 e. The van der Waals surface area contributed by atoms with Gasteiger partial charge in [-0.05, 0) is 48.9 Å². The molecule has 0 fully saturated rings. The first-order valence-electron chi connectivity index (χ1n) is 9.69. The van der Waals surface area contributed by atoms with Gasteiger partial charge in [-0.1, -0.05) is 52.3 Å². The van der Waals surface area contributed by atoms with Crippen molar-refractivity contribution in [3.63, 3.8) is 0 Å². The minimum atomic E-state index is -1.26. The number of rotatable bonds is 4. The Morgan fingerprint density at radius 3 is 2.16 bits per heavy atom. The number of halogens is 1. The number of carboxylic acid groups (broad SMARTS) is 1. The minimum Gasteiger partial charge on any atom is -0.478 e. The topological polar surface area (TPSA) is 87.6 Å². The monoisotopic (exact) mass is 488 g/mol. The summed E-state index contributed by atoms with van der Waals surface area (Å²) in [6, 6.07) is 19.8. The third-order valence-corrected chi connectivity index (χ3v) is 5.52. The number of hydrogen-bond donors (Lipinski definition) is 1. The van der Waals surface area contributed by atoms with E-state index in [9.17, 15) is 19.5 Å². The molecule has 1 N–H and O–H groups in total. The molecule has 2 amide bonds. The van der Waals surface area contributed by atoms with Crippen molar-refractivity contribution in [2.24, 2.45) is 0 Å². The van der Waals surface area contributed by atoms with Crippen molar-refractivity contribution in [3.8, 4) is 0 Å². The average molecular weight is 489 g/mol. The van der Waals surface area contributed by atoms with E-state index >= 15 is 0 Å². The van der Waals surface area contributed by atoms with E-state index in [0.29, 0.717) is 21.1 Å². The Bertz CT molecular complexity index is 1380. The molecular formula is C25H17BrN2O4. The van der Waals surface area contributed by atoms with Gasteiger partial charge in [-0.15, -0.1) is 0 Å². The highest BCUT2D eigenvalue weighted by Gasteiger charge is 2.31. The largest absolute Gasteiger partial charge is 0.478 e. The van der Waals surface area contributed by atoms with Gasteiger partial charge in [0, 0.05) is 21.6 Å². The highest BCUT2D eigenvalue weighted by Crippen LogP contribution is 2.32. The zero-order chi connectivity index (χ0) is 22.8. The third kappa shape index (κ3) is 3.90. The number of aromatic carboxylic acids is 1. The van der Waals surface area contributed by atoms with Crippen LogP contribution in [0.4, 0.5) is 5.69 Å². The number of hydrogen-bond acceptors (Lipinski definition) is 4. The molecule has 0 aliphatic carbocycles. The normalized spacial score (nSPS) is 10.7. The van der Waals surface area contributed by atoms with Crippen LogP contribution in [0, 0.1) is 6.92 Å². The molecule has 0 radical (unpaired) electrons. The molecular weight excluding hydrogens is 472 g/mol. The fourth-order valence-corrected chi connectivity index (χ4v) is 3.99. The molecule has 1 heterocycles. The van der Waals surface area contributed by atoms with E-state index in [0.717, 1.165) is 10.3 Å². The van der Waals surface area contributed by atoms with Crippen LogP contribution in [0.25, 0.3) is 10.9 Å². The van der Waals surface area contributed by atoms with Crippen LogP contribution in [0.3, 0.4) is 0 Å². The number of carboxylic acids is 1. The quantitative estimate of drug-likeness (QED) is 0.383. The van der Waals surface area contributed by atoms with Crippen molar-refractivity contribution >= 4 is 50.3 Å². The average Bonchev–Trinajstić information content (AvgIpc) is 2.79. The zero-order valence-electron chi connectivity index (χ0n) is 16.9. The van der Waals surface area contributed by atoms with Crippen LogP contribution < -0.4 is 4.90 Å². The number of carbonyl (C=O) groups excluding carboxylic acids is 2. The first kappa shape index (κ1) is 21.4. The summed E-state index contributed by atoms with van der Waals surface area (Å²) in [6.45, 7) is 1.78. The van der Waals surface area contributed by atoms with E-state index in [2.05, 4.69) is 20.9 Å². The standard InChI is InChI=1S/C25H17BrN2O4/c1-15-7-2-3-9-18(15)23(29)28(24(30)19-10-4-5-11-20(19)25(31)32)21-14-17(26)13-16-8-6-12-27-22(16)21/h2-14H,1H3,(H,31,32). The second kappa shape index (κ2) is 8.72. The first-order chi connectivity index (χ1) is 15.4. The van der Waals surface area contributed by atoms with E-state index in [1.165, 1.54) is 18.2 Å². The van der Waals surface area contributed by atoms with Crippen molar-refractivity contribution < 1.29 is 19.5 Å². The van der Waals surface area contributed by atoms with E-state index in [-0.39, 0.29) is 16.8 Å². The Morgan fingerprint density at radius 1 is 0.844 bits per heavy atom. The lowest BCUT2D eigenvalue weighted by Crippen LogP contribution is -2.38. The number of nitrogens with zero attached hydrogens (tertiary/aromatic N) is 2. The van der Waals surface area contributed by atoms with E-state index in [1.807, 2.05) is 12.1 Å². The summed E-state index contributed by atoms with van der Waals surface area (Å²) in [4.78, 5) is 44.6.